The van der Waals surface area contributed by atoms with Crippen LogP contribution in [-0.4, -0.2) is 55.9 Å². The topological polar surface area (TPSA) is 46.5 Å². The van der Waals surface area contributed by atoms with Crippen molar-refractivity contribution in [2.45, 2.75) is 6.92 Å². The second kappa shape index (κ2) is 5.21. The molecule has 5 heteroatoms. The van der Waals surface area contributed by atoms with E-state index < -0.39 is 7.60 Å². The zero-order valence-corrected chi connectivity index (χ0v) is 8.23. The number of rotatable bonds is 2. The van der Waals surface area contributed by atoms with Gasteiger partial charge in [0.25, 0.3) is 0 Å². The predicted octanol–water partition coefficient (Wildman–Crippen LogP) is 0.682. The molecule has 0 aliphatic rings. The maximum absolute atomic E-state index is 10.1. The first kappa shape index (κ1) is 12.1. The summed E-state index contributed by atoms with van der Waals surface area (Å²) in [7, 11) is -3.17. The average molecular weight is 166 g/mol. The van der Waals surface area contributed by atoms with E-state index in [9.17, 15) is 4.57 Å². The zero-order valence-electron chi connectivity index (χ0n) is 7.13. The van der Waals surface area contributed by atoms with Crippen LogP contribution in [-0.2, 0) is 9.09 Å². The molecule has 0 aromatic carbocycles. The minimum absolute atomic E-state index is 0. The van der Waals surface area contributed by atoms with Gasteiger partial charge in [-0.15, -0.1) is 0 Å². The predicted molar refractivity (Wildman–Crippen MR) is 35.4 cm³/mol. The smallest absolute Gasteiger partial charge is 1.00 e. The molecule has 0 fully saturated rings. The van der Waals surface area contributed by atoms with Gasteiger partial charge in [0.15, 0.2) is 0 Å². The van der Waals surface area contributed by atoms with E-state index in [1.54, 1.807) is 6.92 Å². The van der Waals surface area contributed by atoms with Gasteiger partial charge in [0.1, 0.15) is 0 Å². The van der Waals surface area contributed by atoms with Crippen molar-refractivity contribution in [2.75, 3.05) is 13.3 Å². The molecule has 3 nitrogen and oxygen atoms in total. The molecule has 0 aromatic rings. The van der Waals surface area contributed by atoms with Gasteiger partial charge >= 0.3 is 45.3 Å². The minimum Gasteiger partial charge on any atom is -1.00 e. The molecule has 48 valence electrons. The second-order valence-electron chi connectivity index (χ2n) is 1.22. The van der Waals surface area contributed by atoms with E-state index in [0.717, 1.165) is 6.66 Å². The van der Waals surface area contributed by atoms with Crippen molar-refractivity contribution in [2.24, 2.45) is 0 Å². The summed E-state index contributed by atoms with van der Waals surface area (Å²) < 4.78 is 14.5. The van der Waals surface area contributed by atoms with E-state index in [0.29, 0.717) is 6.61 Å². The van der Waals surface area contributed by atoms with Gasteiger partial charge in [0, 0.05) is 6.66 Å². The Bertz CT molecular complexity index is 95.7. The van der Waals surface area contributed by atoms with E-state index in [-0.39, 0.29) is 40.6 Å². The Kier molecular flexibility index (Phi) is 7.90. The molecular formula is C3H11CaO3P. The van der Waals surface area contributed by atoms with Crippen LogP contribution in [0.4, 0.5) is 0 Å². The molecule has 0 aromatic heterocycles. The third kappa shape index (κ3) is 10.4. The fourth-order valence-corrected chi connectivity index (χ4v) is 0.719. The molecular weight excluding hydrogens is 155 g/mol. The standard InChI is InChI=1S/C3H9O3P.Ca.2H/c1-3-6-7(2,4)5;;;/h3H2,1-2H3,(H,4,5);;;/q;+2;2*-1. The maximum atomic E-state index is 10.1. The summed E-state index contributed by atoms with van der Waals surface area (Å²) in [6, 6.07) is 0. The van der Waals surface area contributed by atoms with Crippen molar-refractivity contribution in [1.82, 2.24) is 0 Å². The molecule has 0 spiro atoms. The first-order chi connectivity index (χ1) is 3.06. The third-order valence-electron chi connectivity index (χ3n) is 0.369. The van der Waals surface area contributed by atoms with Gasteiger partial charge in [-0.3, -0.25) is 4.57 Å². The molecule has 0 heterocycles. The zero-order chi connectivity index (χ0) is 5.91. The molecule has 0 saturated heterocycles. The fourth-order valence-electron chi connectivity index (χ4n) is 0.240. The third-order valence-corrected chi connectivity index (χ3v) is 1.11. The van der Waals surface area contributed by atoms with Gasteiger partial charge in [-0.2, -0.15) is 0 Å². The molecule has 0 radical (unpaired) electrons. The van der Waals surface area contributed by atoms with Crippen LogP contribution in [0.25, 0.3) is 0 Å². The summed E-state index contributed by atoms with van der Waals surface area (Å²) in [5.41, 5.74) is 0. The molecule has 8 heavy (non-hydrogen) atoms. The molecule has 0 rings (SSSR count). The van der Waals surface area contributed by atoms with E-state index in [4.69, 9.17) is 4.89 Å². The van der Waals surface area contributed by atoms with Crippen LogP contribution in [0.5, 0.6) is 0 Å². The van der Waals surface area contributed by atoms with Crippen molar-refractivity contribution in [3.63, 3.8) is 0 Å². The van der Waals surface area contributed by atoms with E-state index >= 15 is 0 Å². The van der Waals surface area contributed by atoms with Crippen molar-refractivity contribution in [3.05, 3.63) is 0 Å². The Hall–Kier alpha value is 1.41. The van der Waals surface area contributed by atoms with Gasteiger partial charge in [-0.05, 0) is 6.92 Å². The summed E-state index contributed by atoms with van der Waals surface area (Å²) in [4.78, 5) is 8.35. The normalized spacial score (nSPS) is 16.4. The van der Waals surface area contributed by atoms with Crippen LogP contribution in [0.2, 0.25) is 0 Å². The Balaban J connectivity index is -0.0000000600. The first-order valence-corrected chi connectivity index (χ1v) is 4.03. The van der Waals surface area contributed by atoms with Crippen molar-refractivity contribution in [3.8, 4) is 0 Å². The van der Waals surface area contributed by atoms with Gasteiger partial charge < -0.3 is 12.3 Å². The van der Waals surface area contributed by atoms with Crippen LogP contribution in [0.1, 0.15) is 9.78 Å². The van der Waals surface area contributed by atoms with Gasteiger partial charge in [-0.1, -0.05) is 0 Å². The van der Waals surface area contributed by atoms with Gasteiger partial charge in [0.2, 0.25) is 0 Å². The quantitative estimate of drug-likeness (QED) is 0.484. The summed E-state index contributed by atoms with van der Waals surface area (Å²) >= 11 is 0. The van der Waals surface area contributed by atoms with E-state index in [1.165, 1.54) is 0 Å². The van der Waals surface area contributed by atoms with Crippen molar-refractivity contribution in [1.29, 1.82) is 0 Å². The van der Waals surface area contributed by atoms with Crippen LogP contribution in [0.15, 0.2) is 0 Å². The second-order valence-corrected chi connectivity index (χ2v) is 3.08. The summed E-state index contributed by atoms with van der Waals surface area (Å²) in [5, 5.41) is 0. The monoisotopic (exact) mass is 166 g/mol. The Morgan fingerprint density at radius 3 is 2.25 bits per heavy atom. The van der Waals surface area contributed by atoms with E-state index in [1.807, 2.05) is 0 Å². The van der Waals surface area contributed by atoms with Crippen LogP contribution >= 0.6 is 7.60 Å². The molecule has 0 bridgehead atoms. The number of hydrogen-bond acceptors (Lipinski definition) is 2. The summed E-state index contributed by atoms with van der Waals surface area (Å²) in [6.45, 7) is 3.13. The molecule has 1 N–H and O–H groups in total. The molecule has 1 unspecified atom stereocenters. The first-order valence-electron chi connectivity index (χ1n) is 2.01. The van der Waals surface area contributed by atoms with Gasteiger partial charge in [-0.25, -0.2) is 0 Å². The molecule has 1 atom stereocenters. The number of hydrogen-bond donors (Lipinski definition) is 1. The van der Waals surface area contributed by atoms with Crippen LogP contribution < -0.4 is 0 Å². The Morgan fingerprint density at radius 1 is 1.88 bits per heavy atom. The minimum atomic E-state index is -3.17. The van der Waals surface area contributed by atoms with Crippen molar-refractivity contribution >= 4 is 45.3 Å². The van der Waals surface area contributed by atoms with E-state index in [2.05, 4.69) is 4.52 Å². The maximum Gasteiger partial charge on any atom is 2.00 e. The molecule has 0 aliphatic heterocycles. The molecule has 0 aliphatic carbocycles. The molecule has 0 saturated carbocycles. The average Bonchev–Trinajstić information content (AvgIpc) is 1.30. The SMILES string of the molecule is CCOP(C)(=O)O.[Ca+2].[H-].[H-]. The summed E-state index contributed by atoms with van der Waals surface area (Å²) in [5.74, 6) is 0. The Morgan fingerprint density at radius 2 is 2.25 bits per heavy atom. The Labute approximate surface area is 81.9 Å². The van der Waals surface area contributed by atoms with Gasteiger partial charge in [0.05, 0.1) is 6.61 Å². The van der Waals surface area contributed by atoms with Crippen molar-refractivity contribution < 1.29 is 16.8 Å². The fraction of sp³-hybridized carbons (Fsp3) is 1.00. The van der Waals surface area contributed by atoms with Crippen LogP contribution in [0, 0.1) is 0 Å². The molecule has 0 amide bonds. The largest absolute Gasteiger partial charge is 2.00 e. The summed E-state index contributed by atoms with van der Waals surface area (Å²) in [6.07, 6.45) is 0. The van der Waals surface area contributed by atoms with Crippen LogP contribution in [0.3, 0.4) is 0 Å².